The van der Waals surface area contributed by atoms with Crippen LogP contribution in [0.15, 0.2) is 77.7 Å². The first-order chi connectivity index (χ1) is 15.4. The van der Waals surface area contributed by atoms with Crippen LogP contribution in [0.4, 0.5) is 5.69 Å². The Kier molecular flexibility index (Phi) is 6.87. The molecular formula is C26H25ClN2O2S. The Morgan fingerprint density at radius 1 is 1.06 bits per heavy atom. The number of amides is 2. The number of nitrogens with zero attached hydrogens (tertiary/aromatic N) is 1. The van der Waals surface area contributed by atoms with Gasteiger partial charge in [-0.2, -0.15) is 0 Å². The van der Waals surface area contributed by atoms with Gasteiger partial charge in [-0.3, -0.25) is 9.59 Å². The van der Waals surface area contributed by atoms with Gasteiger partial charge in [0.25, 0.3) is 0 Å². The molecule has 0 saturated carbocycles. The van der Waals surface area contributed by atoms with E-state index in [0.29, 0.717) is 18.1 Å². The van der Waals surface area contributed by atoms with Crippen LogP contribution in [0.2, 0.25) is 5.02 Å². The molecule has 1 aliphatic rings. The van der Waals surface area contributed by atoms with E-state index >= 15 is 0 Å². The second-order valence-corrected chi connectivity index (χ2v) is 9.67. The number of benzene rings is 3. The molecule has 2 amide bonds. The zero-order chi connectivity index (χ0) is 22.7. The third-order valence-electron chi connectivity index (χ3n) is 5.60. The van der Waals surface area contributed by atoms with E-state index in [1.165, 1.54) is 17.3 Å². The fourth-order valence-corrected chi connectivity index (χ4v) is 5.23. The van der Waals surface area contributed by atoms with Crippen molar-refractivity contribution in [1.29, 1.82) is 0 Å². The topological polar surface area (TPSA) is 49.4 Å². The van der Waals surface area contributed by atoms with Crippen molar-refractivity contribution >= 4 is 40.9 Å². The Labute approximate surface area is 198 Å². The normalized spacial score (nSPS) is 16.4. The molecule has 4 rings (SSSR count). The average Bonchev–Trinajstić information content (AvgIpc) is 2.79. The molecular weight excluding hydrogens is 440 g/mol. The maximum Gasteiger partial charge on any atom is 0.241 e. The highest BCUT2D eigenvalue weighted by atomic mass is 35.5. The van der Waals surface area contributed by atoms with Crippen LogP contribution >= 0.6 is 23.4 Å². The molecule has 1 aliphatic heterocycles. The summed E-state index contributed by atoms with van der Waals surface area (Å²) in [5.74, 6) is -0.668. The molecule has 0 spiro atoms. The van der Waals surface area contributed by atoms with Crippen molar-refractivity contribution in [3.05, 3.63) is 94.5 Å². The number of anilines is 1. The van der Waals surface area contributed by atoms with E-state index in [0.717, 1.165) is 21.7 Å². The van der Waals surface area contributed by atoms with Gasteiger partial charge in [0.1, 0.15) is 5.25 Å². The first-order valence-electron chi connectivity index (χ1n) is 10.6. The molecule has 3 aromatic rings. The minimum atomic E-state index is -0.498. The maximum atomic E-state index is 13.5. The number of thioether (sulfide) groups is 1. The van der Waals surface area contributed by atoms with Crippen molar-refractivity contribution in [2.24, 2.45) is 5.92 Å². The lowest BCUT2D eigenvalue weighted by Gasteiger charge is -2.35. The van der Waals surface area contributed by atoms with Crippen LogP contribution in [0.3, 0.4) is 0 Å². The van der Waals surface area contributed by atoms with Gasteiger partial charge in [-0.25, -0.2) is 0 Å². The highest BCUT2D eigenvalue weighted by Gasteiger charge is 2.39. The van der Waals surface area contributed by atoms with Gasteiger partial charge in [-0.05, 0) is 42.3 Å². The van der Waals surface area contributed by atoms with Crippen molar-refractivity contribution in [1.82, 2.24) is 5.32 Å². The van der Waals surface area contributed by atoms with Crippen molar-refractivity contribution in [3.8, 4) is 0 Å². The van der Waals surface area contributed by atoms with E-state index in [2.05, 4.69) is 5.32 Å². The van der Waals surface area contributed by atoms with Crippen molar-refractivity contribution in [2.75, 3.05) is 4.90 Å². The summed E-state index contributed by atoms with van der Waals surface area (Å²) in [5, 5.41) is 3.13. The molecule has 1 heterocycles. The van der Waals surface area contributed by atoms with Gasteiger partial charge < -0.3 is 10.2 Å². The molecule has 0 bridgehead atoms. The molecule has 32 heavy (non-hydrogen) atoms. The first kappa shape index (κ1) is 22.4. The van der Waals surface area contributed by atoms with Gasteiger partial charge in [0.15, 0.2) is 0 Å². The van der Waals surface area contributed by atoms with Crippen LogP contribution in [-0.4, -0.2) is 17.1 Å². The van der Waals surface area contributed by atoms with E-state index in [1.54, 1.807) is 4.90 Å². The van der Waals surface area contributed by atoms with Crippen LogP contribution in [0.25, 0.3) is 0 Å². The summed E-state index contributed by atoms with van der Waals surface area (Å²) in [4.78, 5) is 29.2. The van der Waals surface area contributed by atoms with E-state index in [1.807, 2.05) is 86.6 Å². The second kappa shape index (κ2) is 9.80. The van der Waals surface area contributed by atoms with E-state index in [9.17, 15) is 9.59 Å². The molecule has 0 fully saturated rings. The molecule has 0 aliphatic carbocycles. The third-order valence-corrected chi connectivity index (χ3v) is 7.30. The summed E-state index contributed by atoms with van der Waals surface area (Å²) in [6.07, 6.45) is 0. The maximum absolute atomic E-state index is 13.5. The van der Waals surface area contributed by atoms with Crippen molar-refractivity contribution < 1.29 is 9.59 Å². The molecule has 0 aromatic heterocycles. The molecule has 2 unspecified atom stereocenters. The number of carbonyl (C=O) groups is 2. The summed E-state index contributed by atoms with van der Waals surface area (Å²) < 4.78 is 0. The number of rotatable bonds is 6. The number of fused-ring (bicyclic) bond motifs is 1. The Morgan fingerprint density at radius 2 is 1.81 bits per heavy atom. The van der Waals surface area contributed by atoms with Crippen LogP contribution in [0, 0.1) is 12.8 Å². The minimum absolute atomic E-state index is 0.0633. The molecule has 4 nitrogen and oxygen atoms in total. The van der Waals surface area contributed by atoms with Gasteiger partial charge in [0.05, 0.1) is 18.2 Å². The fraction of sp³-hybridized carbons (Fsp3) is 0.231. The van der Waals surface area contributed by atoms with E-state index in [-0.39, 0.29) is 11.8 Å². The lowest BCUT2D eigenvalue weighted by Crippen LogP contribution is -2.47. The number of aryl methyl sites for hydroxylation is 1. The number of nitrogens with one attached hydrogen (secondary N) is 1. The Bertz CT molecular complexity index is 1130. The lowest BCUT2D eigenvalue weighted by molar-refractivity contribution is -0.128. The van der Waals surface area contributed by atoms with Gasteiger partial charge in [0, 0.05) is 16.5 Å². The van der Waals surface area contributed by atoms with E-state index < -0.39 is 11.2 Å². The smallest absolute Gasteiger partial charge is 0.241 e. The van der Waals surface area contributed by atoms with Crippen molar-refractivity contribution in [3.63, 3.8) is 0 Å². The Morgan fingerprint density at radius 3 is 2.56 bits per heavy atom. The predicted molar refractivity (Wildman–Crippen MR) is 131 cm³/mol. The van der Waals surface area contributed by atoms with E-state index in [4.69, 9.17) is 11.6 Å². The van der Waals surface area contributed by atoms with Crippen LogP contribution in [-0.2, 0) is 22.7 Å². The van der Waals surface area contributed by atoms with Crippen LogP contribution in [0.1, 0.15) is 23.6 Å². The standard InChI is InChI=1S/C26H25ClN2O2S/c1-17-10-12-19(13-11-17)15-28-25(30)18(2)24-26(31)29(16-20-6-5-7-21(27)14-20)22-8-3-4-9-23(22)32-24/h3-14,18,24H,15-16H2,1-2H3,(H,28,30). The summed E-state index contributed by atoms with van der Waals surface area (Å²) in [7, 11) is 0. The summed E-state index contributed by atoms with van der Waals surface area (Å²) >= 11 is 7.62. The van der Waals surface area contributed by atoms with Gasteiger partial charge >= 0.3 is 0 Å². The highest BCUT2D eigenvalue weighted by molar-refractivity contribution is 8.01. The molecule has 0 saturated heterocycles. The zero-order valence-electron chi connectivity index (χ0n) is 18.0. The number of halogens is 1. The van der Waals surface area contributed by atoms with Gasteiger partial charge in [-0.1, -0.05) is 72.6 Å². The number of hydrogen-bond acceptors (Lipinski definition) is 3. The fourth-order valence-electron chi connectivity index (χ4n) is 3.73. The Balaban J connectivity index is 1.52. The predicted octanol–water partition coefficient (Wildman–Crippen LogP) is 5.61. The molecule has 1 N–H and O–H groups in total. The summed E-state index contributed by atoms with van der Waals surface area (Å²) in [6, 6.07) is 23.4. The average molecular weight is 465 g/mol. The Hall–Kier alpha value is -2.76. The first-order valence-corrected chi connectivity index (χ1v) is 11.8. The zero-order valence-corrected chi connectivity index (χ0v) is 19.6. The molecule has 164 valence electrons. The minimum Gasteiger partial charge on any atom is -0.352 e. The second-order valence-electron chi connectivity index (χ2n) is 8.05. The quantitative estimate of drug-likeness (QED) is 0.516. The SMILES string of the molecule is Cc1ccc(CNC(=O)C(C)C2Sc3ccccc3N(Cc3cccc(Cl)c3)C2=O)cc1. The summed E-state index contributed by atoms with van der Waals surface area (Å²) in [5.41, 5.74) is 4.02. The van der Waals surface area contributed by atoms with Gasteiger partial charge in [-0.15, -0.1) is 11.8 Å². The number of hydrogen-bond donors (Lipinski definition) is 1. The molecule has 0 radical (unpaired) electrons. The monoisotopic (exact) mass is 464 g/mol. The third kappa shape index (κ3) is 5.00. The number of carbonyl (C=O) groups excluding carboxylic acids is 2. The van der Waals surface area contributed by atoms with Crippen LogP contribution < -0.4 is 10.2 Å². The highest BCUT2D eigenvalue weighted by Crippen LogP contribution is 2.42. The lowest BCUT2D eigenvalue weighted by atomic mass is 10.0. The largest absolute Gasteiger partial charge is 0.352 e. The van der Waals surface area contributed by atoms with Crippen molar-refractivity contribution in [2.45, 2.75) is 37.1 Å². The van der Waals surface area contributed by atoms with Crippen LogP contribution in [0.5, 0.6) is 0 Å². The molecule has 2 atom stereocenters. The van der Waals surface area contributed by atoms with Gasteiger partial charge in [0.2, 0.25) is 11.8 Å². The molecule has 3 aromatic carbocycles. The number of para-hydroxylation sites is 1. The molecule has 6 heteroatoms. The summed E-state index contributed by atoms with van der Waals surface area (Å²) in [6.45, 7) is 4.71.